The summed E-state index contributed by atoms with van der Waals surface area (Å²) in [5, 5.41) is 12.0. The molecule has 1 aromatic heterocycles. The molecule has 0 radical (unpaired) electrons. The highest BCUT2D eigenvalue weighted by Crippen LogP contribution is 2.26. The van der Waals surface area contributed by atoms with E-state index in [2.05, 4.69) is 15.5 Å². The number of rotatable bonds is 2. The quantitative estimate of drug-likeness (QED) is 0.739. The standard InChI is InChI=1S/C14H11ClFN5/c1-8-2-4-10(15)13(6-8)21-14(18-19-20-21)9-3-5-12(17)11(16)7-9/h2-7H,17H2,1H3. The van der Waals surface area contributed by atoms with Crippen LogP contribution >= 0.6 is 11.6 Å². The first-order valence-corrected chi connectivity index (χ1v) is 6.54. The Hall–Kier alpha value is -2.47. The fourth-order valence-electron chi connectivity index (χ4n) is 1.98. The van der Waals surface area contributed by atoms with Gasteiger partial charge in [-0.2, -0.15) is 4.68 Å². The second-order valence-electron chi connectivity index (χ2n) is 4.61. The number of tetrazole rings is 1. The van der Waals surface area contributed by atoms with Crippen molar-refractivity contribution in [1.82, 2.24) is 20.2 Å². The number of anilines is 1. The summed E-state index contributed by atoms with van der Waals surface area (Å²) in [5.74, 6) is -0.126. The van der Waals surface area contributed by atoms with E-state index in [-0.39, 0.29) is 5.69 Å². The molecular weight excluding hydrogens is 293 g/mol. The number of nitrogens with two attached hydrogens (primary N) is 1. The van der Waals surface area contributed by atoms with Gasteiger partial charge in [0.05, 0.1) is 16.4 Å². The summed E-state index contributed by atoms with van der Waals surface area (Å²) >= 11 is 6.19. The van der Waals surface area contributed by atoms with Crippen LogP contribution in [-0.2, 0) is 0 Å². The highest BCUT2D eigenvalue weighted by Gasteiger charge is 2.14. The largest absolute Gasteiger partial charge is 0.396 e. The van der Waals surface area contributed by atoms with Crippen molar-refractivity contribution in [1.29, 1.82) is 0 Å². The van der Waals surface area contributed by atoms with Gasteiger partial charge in [-0.15, -0.1) is 5.10 Å². The number of aromatic nitrogens is 4. The average molecular weight is 304 g/mol. The van der Waals surface area contributed by atoms with Crippen LogP contribution in [-0.4, -0.2) is 20.2 Å². The summed E-state index contributed by atoms with van der Waals surface area (Å²) in [6.45, 7) is 1.94. The molecule has 2 aromatic carbocycles. The fraction of sp³-hybridized carbons (Fsp3) is 0.0714. The normalized spacial score (nSPS) is 10.8. The van der Waals surface area contributed by atoms with Crippen molar-refractivity contribution in [3.63, 3.8) is 0 Å². The first-order valence-electron chi connectivity index (χ1n) is 6.16. The minimum absolute atomic E-state index is 0.0753. The molecule has 0 bridgehead atoms. The van der Waals surface area contributed by atoms with Crippen LogP contribution in [0.15, 0.2) is 36.4 Å². The zero-order valence-electron chi connectivity index (χ0n) is 11.1. The lowest BCUT2D eigenvalue weighted by molar-refractivity contribution is 0.632. The molecule has 0 spiro atoms. The molecule has 7 heteroatoms. The Balaban J connectivity index is 2.17. The highest BCUT2D eigenvalue weighted by atomic mass is 35.5. The minimum Gasteiger partial charge on any atom is -0.396 e. The molecule has 2 N–H and O–H groups in total. The Kier molecular flexibility index (Phi) is 3.31. The van der Waals surface area contributed by atoms with Crippen LogP contribution in [0.5, 0.6) is 0 Å². The van der Waals surface area contributed by atoms with E-state index in [1.54, 1.807) is 12.1 Å². The average Bonchev–Trinajstić information content (AvgIpc) is 2.93. The molecule has 0 aliphatic rings. The van der Waals surface area contributed by atoms with E-state index >= 15 is 0 Å². The first-order chi connectivity index (χ1) is 10.1. The predicted octanol–water partition coefficient (Wildman–Crippen LogP) is 3.01. The molecule has 5 nitrogen and oxygen atoms in total. The SMILES string of the molecule is Cc1ccc(Cl)c(-n2nnnc2-c2ccc(N)c(F)c2)c1. The van der Waals surface area contributed by atoms with Crippen LogP contribution in [0.3, 0.4) is 0 Å². The van der Waals surface area contributed by atoms with Gasteiger partial charge >= 0.3 is 0 Å². The summed E-state index contributed by atoms with van der Waals surface area (Å²) < 4.78 is 15.1. The molecule has 0 amide bonds. The number of hydrogen-bond donors (Lipinski definition) is 1. The van der Waals surface area contributed by atoms with Crippen LogP contribution in [0, 0.1) is 12.7 Å². The van der Waals surface area contributed by atoms with Gasteiger partial charge < -0.3 is 5.73 Å². The zero-order valence-corrected chi connectivity index (χ0v) is 11.8. The molecule has 0 atom stereocenters. The number of nitrogens with zero attached hydrogens (tertiary/aromatic N) is 4. The predicted molar refractivity (Wildman–Crippen MR) is 78.7 cm³/mol. The van der Waals surface area contributed by atoms with Gasteiger partial charge in [0.2, 0.25) is 0 Å². The second-order valence-corrected chi connectivity index (χ2v) is 5.01. The Morgan fingerprint density at radius 1 is 1.19 bits per heavy atom. The Labute approximate surface area is 125 Å². The van der Waals surface area contributed by atoms with E-state index < -0.39 is 5.82 Å². The van der Waals surface area contributed by atoms with Gasteiger partial charge in [-0.05, 0) is 53.2 Å². The number of aryl methyl sites for hydroxylation is 1. The van der Waals surface area contributed by atoms with E-state index in [1.807, 2.05) is 19.1 Å². The zero-order chi connectivity index (χ0) is 15.0. The molecule has 106 valence electrons. The fourth-order valence-corrected chi connectivity index (χ4v) is 2.18. The van der Waals surface area contributed by atoms with Gasteiger partial charge in [0.25, 0.3) is 0 Å². The summed E-state index contributed by atoms with van der Waals surface area (Å²) in [7, 11) is 0. The summed E-state index contributed by atoms with van der Waals surface area (Å²) in [6, 6.07) is 9.93. The molecule has 0 aliphatic carbocycles. The smallest absolute Gasteiger partial charge is 0.187 e. The third-order valence-corrected chi connectivity index (χ3v) is 3.38. The molecule has 0 aliphatic heterocycles. The number of nitrogen functional groups attached to an aromatic ring is 1. The molecule has 1 heterocycles. The Bertz CT molecular complexity index is 815. The van der Waals surface area contributed by atoms with E-state index in [0.717, 1.165) is 5.56 Å². The van der Waals surface area contributed by atoms with Crippen LogP contribution in [0.25, 0.3) is 17.1 Å². The maximum Gasteiger partial charge on any atom is 0.187 e. The lowest BCUT2D eigenvalue weighted by atomic mass is 10.1. The molecule has 3 aromatic rings. The van der Waals surface area contributed by atoms with Crippen LogP contribution < -0.4 is 5.73 Å². The Morgan fingerprint density at radius 3 is 2.76 bits per heavy atom. The molecule has 3 rings (SSSR count). The Morgan fingerprint density at radius 2 is 2.00 bits per heavy atom. The topological polar surface area (TPSA) is 69.6 Å². The molecule has 0 unspecified atom stereocenters. The molecule has 0 fully saturated rings. The van der Waals surface area contributed by atoms with E-state index in [1.165, 1.54) is 16.8 Å². The van der Waals surface area contributed by atoms with Gasteiger partial charge in [-0.3, -0.25) is 0 Å². The molecular formula is C14H11ClFN5. The molecule has 21 heavy (non-hydrogen) atoms. The van der Waals surface area contributed by atoms with Gasteiger partial charge in [0.15, 0.2) is 5.82 Å². The van der Waals surface area contributed by atoms with Crippen LogP contribution in [0.1, 0.15) is 5.56 Å². The third kappa shape index (κ3) is 2.45. The van der Waals surface area contributed by atoms with Crippen molar-refractivity contribution < 1.29 is 4.39 Å². The number of benzene rings is 2. The third-order valence-electron chi connectivity index (χ3n) is 3.06. The van der Waals surface area contributed by atoms with Crippen LogP contribution in [0.2, 0.25) is 5.02 Å². The molecule has 0 saturated carbocycles. The van der Waals surface area contributed by atoms with Crippen molar-refractivity contribution in [2.24, 2.45) is 0 Å². The van der Waals surface area contributed by atoms with Crippen molar-refractivity contribution in [2.75, 3.05) is 5.73 Å². The number of halogens is 2. The van der Waals surface area contributed by atoms with Gasteiger partial charge in [0.1, 0.15) is 5.82 Å². The monoisotopic (exact) mass is 303 g/mol. The van der Waals surface area contributed by atoms with Crippen LogP contribution in [0.4, 0.5) is 10.1 Å². The lowest BCUT2D eigenvalue weighted by Crippen LogP contribution is -2.02. The highest BCUT2D eigenvalue weighted by molar-refractivity contribution is 6.32. The minimum atomic E-state index is -0.516. The summed E-state index contributed by atoms with van der Waals surface area (Å²) in [4.78, 5) is 0. The van der Waals surface area contributed by atoms with E-state index in [9.17, 15) is 4.39 Å². The van der Waals surface area contributed by atoms with Crippen molar-refractivity contribution in [3.05, 3.63) is 52.8 Å². The second kappa shape index (κ2) is 5.14. The van der Waals surface area contributed by atoms with Gasteiger partial charge in [0, 0.05) is 5.56 Å². The first kappa shape index (κ1) is 13.5. The maximum absolute atomic E-state index is 13.6. The molecule has 0 saturated heterocycles. The van der Waals surface area contributed by atoms with Crippen molar-refractivity contribution >= 4 is 17.3 Å². The summed E-state index contributed by atoms with van der Waals surface area (Å²) in [6.07, 6.45) is 0. The van der Waals surface area contributed by atoms with Crippen molar-refractivity contribution in [3.8, 4) is 17.1 Å². The summed E-state index contributed by atoms with van der Waals surface area (Å²) in [5.41, 5.74) is 7.72. The number of hydrogen-bond acceptors (Lipinski definition) is 4. The van der Waals surface area contributed by atoms with Gasteiger partial charge in [-0.1, -0.05) is 17.7 Å². The van der Waals surface area contributed by atoms with E-state index in [0.29, 0.717) is 22.1 Å². The lowest BCUT2D eigenvalue weighted by Gasteiger charge is -2.08. The maximum atomic E-state index is 13.6. The van der Waals surface area contributed by atoms with Crippen molar-refractivity contribution in [2.45, 2.75) is 6.92 Å². The van der Waals surface area contributed by atoms with Gasteiger partial charge in [-0.25, -0.2) is 4.39 Å². The van der Waals surface area contributed by atoms with E-state index in [4.69, 9.17) is 17.3 Å².